The zero-order valence-corrected chi connectivity index (χ0v) is 20.8. The number of aliphatic hydroxyl groups is 1. The summed E-state index contributed by atoms with van der Waals surface area (Å²) in [6.07, 6.45) is -0.312. The van der Waals surface area contributed by atoms with Crippen molar-refractivity contribution >= 4 is 22.1 Å². The number of rotatable bonds is 10. The summed E-state index contributed by atoms with van der Waals surface area (Å²) in [6.45, 7) is 5.11. The van der Waals surface area contributed by atoms with Gasteiger partial charge in [-0.1, -0.05) is 42.5 Å². The van der Waals surface area contributed by atoms with E-state index in [1.807, 2.05) is 68.4 Å². The van der Waals surface area contributed by atoms with Crippen LogP contribution in [0.4, 0.5) is 0 Å². The third-order valence-corrected chi connectivity index (χ3v) is 6.55. The van der Waals surface area contributed by atoms with E-state index in [4.69, 9.17) is 9.15 Å². The van der Waals surface area contributed by atoms with Gasteiger partial charge in [0.2, 0.25) is 0 Å². The predicted molar refractivity (Wildman–Crippen MR) is 142 cm³/mol. The van der Waals surface area contributed by atoms with Gasteiger partial charge in [0.15, 0.2) is 5.58 Å². The van der Waals surface area contributed by atoms with Gasteiger partial charge in [0.25, 0.3) is 0 Å². The number of ether oxygens (including phenoxy) is 1. The topological polar surface area (TPSA) is 125 Å². The molecule has 3 aromatic carbocycles. The van der Waals surface area contributed by atoms with Crippen LogP contribution >= 0.6 is 0 Å². The Bertz CT molecular complexity index is 1630. The zero-order valence-electron chi connectivity index (χ0n) is 20.8. The molecule has 0 amide bonds. The van der Waals surface area contributed by atoms with Crippen LogP contribution in [0, 0.1) is 0 Å². The highest BCUT2D eigenvalue weighted by atomic mass is 16.5. The van der Waals surface area contributed by atoms with E-state index in [9.17, 15) is 14.7 Å². The molecule has 1 unspecified atom stereocenters. The number of hydrogen-bond acceptors (Lipinski definition) is 6. The summed E-state index contributed by atoms with van der Waals surface area (Å²) in [5.74, 6) is -0.0819. The lowest BCUT2D eigenvalue weighted by Gasteiger charge is -2.28. The first-order chi connectivity index (χ1) is 17.8. The Morgan fingerprint density at radius 2 is 1.78 bits per heavy atom. The normalized spacial score (nSPS) is 12.8. The summed E-state index contributed by atoms with van der Waals surface area (Å²) in [4.78, 5) is 29.8. The summed E-state index contributed by atoms with van der Waals surface area (Å²) in [7, 11) is 0. The van der Waals surface area contributed by atoms with Gasteiger partial charge in [-0.15, -0.1) is 0 Å². The quantitative estimate of drug-likeness (QED) is 0.230. The molecule has 9 heteroatoms. The number of β-amino-alcohol motifs (C(OH)–C–C–N with tert-alkyl or cyclic N) is 1. The monoisotopic (exact) mass is 502 g/mol. The average molecular weight is 503 g/mol. The number of aromatic nitrogens is 3. The summed E-state index contributed by atoms with van der Waals surface area (Å²) >= 11 is 0. The Hall–Kier alpha value is -4.08. The van der Waals surface area contributed by atoms with Crippen molar-refractivity contribution in [3.05, 3.63) is 98.9 Å². The first-order valence-corrected chi connectivity index (χ1v) is 12.2. The van der Waals surface area contributed by atoms with E-state index in [1.165, 1.54) is 0 Å². The molecule has 2 heterocycles. The molecule has 5 rings (SSSR count). The molecule has 9 nitrogen and oxygen atoms in total. The minimum Gasteiger partial charge on any atom is -0.489 e. The summed E-state index contributed by atoms with van der Waals surface area (Å²) in [5.41, 5.74) is 3.35. The highest BCUT2D eigenvalue weighted by Gasteiger charge is 2.23. The van der Waals surface area contributed by atoms with Gasteiger partial charge in [0.05, 0.1) is 22.7 Å². The minimum absolute atomic E-state index is 0.144. The molecule has 2 aromatic heterocycles. The number of oxazole rings is 1. The minimum atomic E-state index is -0.961. The molecule has 0 aliphatic carbocycles. The SMILES string of the molecule is CC(C)(CCn1c(=O)[nH]c2ccccc21)NCC(O)c1cc(OCc2ccccc2)cc2[nH]c(=O)oc12. The number of benzene rings is 3. The van der Waals surface area contributed by atoms with Crippen molar-refractivity contribution in [2.75, 3.05) is 6.54 Å². The molecule has 0 fully saturated rings. The fourth-order valence-electron chi connectivity index (χ4n) is 4.42. The van der Waals surface area contributed by atoms with Gasteiger partial charge in [0.1, 0.15) is 12.4 Å². The van der Waals surface area contributed by atoms with Crippen LogP contribution in [0.25, 0.3) is 22.1 Å². The lowest BCUT2D eigenvalue weighted by atomic mass is 9.99. The van der Waals surface area contributed by atoms with Gasteiger partial charge >= 0.3 is 11.4 Å². The molecular formula is C28H30N4O5. The molecule has 192 valence electrons. The molecule has 37 heavy (non-hydrogen) atoms. The predicted octanol–water partition coefficient (Wildman–Crippen LogP) is 3.84. The van der Waals surface area contributed by atoms with Crippen molar-refractivity contribution in [1.29, 1.82) is 0 Å². The Morgan fingerprint density at radius 3 is 2.59 bits per heavy atom. The van der Waals surface area contributed by atoms with E-state index >= 15 is 0 Å². The molecule has 0 saturated heterocycles. The van der Waals surface area contributed by atoms with Crippen LogP contribution in [0.15, 0.2) is 80.7 Å². The maximum atomic E-state index is 12.4. The Morgan fingerprint density at radius 1 is 1.03 bits per heavy atom. The van der Waals surface area contributed by atoms with Gasteiger partial charge in [-0.3, -0.25) is 9.55 Å². The average Bonchev–Trinajstić information content (AvgIpc) is 3.42. The fourth-order valence-corrected chi connectivity index (χ4v) is 4.42. The Kier molecular flexibility index (Phi) is 6.73. The van der Waals surface area contributed by atoms with E-state index in [-0.39, 0.29) is 12.2 Å². The highest BCUT2D eigenvalue weighted by molar-refractivity contribution is 5.78. The molecule has 4 N–H and O–H groups in total. The molecule has 0 radical (unpaired) electrons. The zero-order chi connectivity index (χ0) is 26.0. The molecule has 5 aromatic rings. The summed E-state index contributed by atoms with van der Waals surface area (Å²) in [6, 6.07) is 20.7. The van der Waals surface area contributed by atoms with E-state index in [2.05, 4.69) is 15.3 Å². The maximum absolute atomic E-state index is 12.4. The lowest BCUT2D eigenvalue weighted by molar-refractivity contribution is 0.158. The smallest absolute Gasteiger partial charge is 0.417 e. The summed E-state index contributed by atoms with van der Waals surface area (Å²) in [5, 5.41) is 14.5. The number of nitrogens with one attached hydrogen (secondary N) is 3. The summed E-state index contributed by atoms with van der Waals surface area (Å²) < 4.78 is 13.0. The number of aliphatic hydroxyl groups excluding tert-OH is 1. The van der Waals surface area contributed by atoms with E-state index in [1.54, 1.807) is 16.7 Å². The number of aromatic amines is 2. The van der Waals surface area contributed by atoms with E-state index < -0.39 is 17.4 Å². The van der Waals surface area contributed by atoms with Crippen molar-refractivity contribution < 1.29 is 14.3 Å². The van der Waals surface area contributed by atoms with Crippen molar-refractivity contribution in [3.63, 3.8) is 0 Å². The molecule has 0 aliphatic rings. The van der Waals surface area contributed by atoms with Crippen molar-refractivity contribution in [2.45, 2.75) is 45.1 Å². The lowest BCUT2D eigenvalue weighted by Crippen LogP contribution is -2.42. The second kappa shape index (κ2) is 10.1. The molecule has 0 spiro atoms. The second-order valence-electron chi connectivity index (χ2n) is 9.81. The maximum Gasteiger partial charge on any atom is 0.417 e. The number of imidazole rings is 1. The van der Waals surface area contributed by atoms with Crippen LogP contribution < -0.4 is 21.5 Å². The number of hydrogen-bond donors (Lipinski definition) is 4. The van der Waals surface area contributed by atoms with Gasteiger partial charge in [-0.25, -0.2) is 9.59 Å². The standard InChI is InChI=1S/C28H30N4O5/c1-28(2,12-13-32-23-11-7-6-10-21(23)30-26(32)34)29-16-24(33)20-14-19(15-22-25(20)37-27(35)31-22)36-17-18-8-4-3-5-9-18/h3-11,14-15,24,29,33H,12-13,16-17H2,1-2H3,(H,30,34)(H,31,35). The first kappa shape index (κ1) is 24.6. The second-order valence-corrected chi connectivity index (χ2v) is 9.81. The van der Waals surface area contributed by atoms with Crippen molar-refractivity contribution in [1.82, 2.24) is 19.9 Å². The number of aryl methyl sites for hydroxylation is 1. The highest BCUT2D eigenvalue weighted by Crippen LogP contribution is 2.29. The molecular weight excluding hydrogens is 472 g/mol. The van der Waals surface area contributed by atoms with Crippen LogP contribution in [0.1, 0.15) is 37.5 Å². The number of fused-ring (bicyclic) bond motifs is 2. The fraction of sp³-hybridized carbons (Fsp3) is 0.286. The third-order valence-electron chi connectivity index (χ3n) is 6.55. The van der Waals surface area contributed by atoms with Crippen LogP contribution in [0.3, 0.4) is 0 Å². The third kappa shape index (κ3) is 5.52. The van der Waals surface area contributed by atoms with Crippen LogP contribution in [-0.4, -0.2) is 31.7 Å². The van der Waals surface area contributed by atoms with Crippen LogP contribution in [0.2, 0.25) is 0 Å². The first-order valence-electron chi connectivity index (χ1n) is 12.2. The molecule has 0 saturated carbocycles. The Labute approximate surface area is 212 Å². The molecule has 0 bridgehead atoms. The van der Waals surface area contributed by atoms with Gasteiger partial charge < -0.3 is 24.6 Å². The van der Waals surface area contributed by atoms with Crippen LogP contribution in [0.5, 0.6) is 5.75 Å². The number of nitrogens with zero attached hydrogens (tertiary/aromatic N) is 1. The Balaban J connectivity index is 1.28. The largest absolute Gasteiger partial charge is 0.489 e. The molecule has 1 atom stereocenters. The van der Waals surface area contributed by atoms with Crippen molar-refractivity contribution in [3.8, 4) is 5.75 Å². The number of para-hydroxylation sites is 2. The van der Waals surface area contributed by atoms with Crippen molar-refractivity contribution in [2.24, 2.45) is 0 Å². The van der Waals surface area contributed by atoms with Gasteiger partial charge in [0, 0.05) is 30.3 Å². The molecule has 0 aliphatic heterocycles. The van der Waals surface area contributed by atoms with E-state index in [0.717, 1.165) is 16.6 Å². The van der Waals surface area contributed by atoms with E-state index in [0.29, 0.717) is 42.0 Å². The van der Waals surface area contributed by atoms with Gasteiger partial charge in [-0.2, -0.15) is 0 Å². The van der Waals surface area contributed by atoms with Crippen LogP contribution in [-0.2, 0) is 13.2 Å². The van der Waals surface area contributed by atoms with Gasteiger partial charge in [-0.05, 0) is 44.0 Å². The number of H-pyrrole nitrogens is 2.